The summed E-state index contributed by atoms with van der Waals surface area (Å²) in [6.45, 7) is 5.30. The third kappa shape index (κ3) is 3.98. The predicted octanol–water partition coefficient (Wildman–Crippen LogP) is 3.63. The zero-order valence-electron chi connectivity index (χ0n) is 15.4. The molecular weight excluding hydrogens is 411 g/mol. The summed E-state index contributed by atoms with van der Waals surface area (Å²) in [5, 5.41) is 3.58. The number of hydrogen-bond acceptors (Lipinski definition) is 2. The Kier molecular flexibility index (Phi) is 6.39. The van der Waals surface area contributed by atoms with Gasteiger partial charge in [-0.1, -0.05) is 18.6 Å². The normalized spacial score (nSPS) is 19.0. The monoisotopic (exact) mass is 442 g/mol. The lowest BCUT2D eigenvalue weighted by atomic mass is 9.68. The quantitative estimate of drug-likeness (QED) is 0.441. The fraction of sp³-hybridized carbons (Fsp3) is 0.632. The van der Waals surface area contributed by atoms with Gasteiger partial charge in [0.25, 0.3) is 0 Å². The van der Waals surface area contributed by atoms with Crippen LogP contribution < -0.4 is 10.2 Å². The molecule has 0 atom stereocenters. The van der Waals surface area contributed by atoms with E-state index in [0.717, 1.165) is 19.0 Å². The summed E-state index contributed by atoms with van der Waals surface area (Å²) >= 11 is 0. The van der Waals surface area contributed by atoms with Gasteiger partial charge in [0, 0.05) is 46.5 Å². The Bertz CT molecular complexity index is 593. The maximum absolute atomic E-state index is 4.52. The lowest BCUT2D eigenvalue weighted by molar-refractivity contribution is 0.151. The van der Waals surface area contributed by atoms with Crippen molar-refractivity contribution in [2.24, 2.45) is 10.4 Å². The summed E-state index contributed by atoms with van der Waals surface area (Å²) in [6.07, 6.45) is 5.56. The summed E-state index contributed by atoms with van der Waals surface area (Å²) in [5.74, 6) is 1.05. The molecule has 0 unspecified atom stereocenters. The van der Waals surface area contributed by atoms with Crippen molar-refractivity contribution in [2.75, 3.05) is 39.1 Å². The Labute approximate surface area is 163 Å². The summed E-state index contributed by atoms with van der Waals surface area (Å²) < 4.78 is 0. The minimum atomic E-state index is 0. The van der Waals surface area contributed by atoms with Gasteiger partial charge in [0.1, 0.15) is 0 Å². The zero-order valence-corrected chi connectivity index (χ0v) is 17.8. The van der Waals surface area contributed by atoms with Crippen LogP contribution in [0.15, 0.2) is 23.2 Å². The second kappa shape index (κ2) is 7.93. The van der Waals surface area contributed by atoms with Gasteiger partial charge in [-0.3, -0.25) is 4.99 Å². The first-order valence-electron chi connectivity index (χ1n) is 8.75. The predicted molar refractivity (Wildman–Crippen MR) is 114 cm³/mol. The van der Waals surface area contributed by atoms with Gasteiger partial charge < -0.3 is 15.1 Å². The highest BCUT2D eigenvalue weighted by Gasteiger charge is 2.43. The van der Waals surface area contributed by atoms with E-state index in [1.807, 2.05) is 7.05 Å². The van der Waals surface area contributed by atoms with Gasteiger partial charge in [-0.15, -0.1) is 24.0 Å². The van der Waals surface area contributed by atoms with Crippen LogP contribution in [0.25, 0.3) is 0 Å². The summed E-state index contributed by atoms with van der Waals surface area (Å²) in [7, 11) is 6.11. The Hall–Kier alpha value is -0.980. The molecule has 24 heavy (non-hydrogen) atoms. The van der Waals surface area contributed by atoms with E-state index in [2.05, 4.69) is 59.3 Å². The first kappa shape index (κ1) is 19.3. The number of nitrogens with zero attached hydrogens (tertiary/aromatic N) is 3. The van der Waals surface area contributed by atoms with Crippen molar-refractivity contribution in [3.05, 3.63) is 29.3 Å². The lowest BCUT2D eigenvalue weighted by Gasteiger charge is -2.38. The topological polar surface area (TPSA) is 30.9 Å². The number of anilines is 1. The Morgan fingerprint density at radius 2 is 2.04 bits per heavy atom. The summed E-state index contributed by atoms with van der Waals surface area (Å²) in [6, 6.07) is 6.66. The molecule has 0 aromatic heterocycles. The number of rotatable bonds is 3. The average molecular weight is 442 g/mol. The molecule has 1 saturated carbocycles. The first-order chi connectivity index (χ1) is 11.0. The van der Waals surface area contributed by atoms with Gasteiger partial charge in [0.05, 0.1) is 0 Å². The molecule has 134 valence electrons. The number of benzene rings is 1. The molecule has 4 nitrogen and oxygen atoms in total. The molecule has 3 rings (SSSR count). The van der Waals surface area contributed by atoms with E-state index in [4.69, 9.17) is 0 Å². The van der Waals surface area contributed by atoms with Crippen molar-refractivity contribution in [2.45, 2.75) is 39.2 Å². The van der Waals surface area contributed by atoms with E-state index < -0.39 is 0 Å². The molecule has 0 radical (unpaired) electrons. The minimum Gasteiger partial charge on any atom is -0.377 e. The van der Waals surface area contributed by atoms with E-state index in [0.29, 0.717) is 5.41 Å². The third-order valence-electron chi connectivity index (χ3n) is 5.52. The largest absolute Gasteiger partial charge is 0.377 e. The highest BCUT2D eigenvalue weighted by Crippen LogP contribution is 2.47. The standard InChI is InChI=1S/C19H30N4.HI/c1-15-6-7-16(17(12-15)22(3)4)13-21-18(20-2)23-11-10-19(14-23)8-5-9-19;/h6-7,12H,5,8-11,13-14H2,1-4H3,(H,20,21);1H. The van der Waals surface area contributed by atoms with Gasteiger partial charge in [-0.05, 0) is 48.8 Å². The number of hydrogen-bond donors (Lipinski definition) is 1. The van der Waals surface area contributed by atoms with Crippen LogP contribution in [0.3, 0.4) is 0 Å². The molecule has 1 aromatic rings. The smallest absolute Gasteiger partial charge is 0.193 e. The molecule has 1 aromatic carbocycles. The Balaban J connectivity index is 0.00000208. The Morgan fingerprint density at radius 3 is 2.58 bits per heavy atom. The average Bonchev–Trinajstić information content (AvgIpc) is 2.94. The molecule has 0 bridgehead atoms. The number of aliphatic imine (C=N–C) groups is 1. The van der Waals surface area contributed by atoms with E-state index in [1.54, 1.807) is 0 Å². The van der Waals surface area contributed by atoms with Crippen molar-refractivity contribution < 1.29 is 0 Å². The van der Waals surface area contributed by atoms with E-state index in [9.17, 15) is 0 Å². The molecule has 1 N–H and O–H groups in total. The molecule has 1 aliphatic heterocycles. The van der Waals surface area contributed by atoms with Crippen molar-refractivity contribution in [3.63, 3.8) is 0 Å². The van der Waals surface area contributed by atoms with Crippen LogP contribution in [-0.4, -0.2) is 45.1 Å². The number of nitrogens with one attached hydrogen (secondary N) is 1. The van der Waals surface area contributed by atoms with Gasteiger partial charge in [-0.2, -0.15) is 0 Å². The molecular formula is C19H31IN4. The second-order valence-electron chi connectivity index (χ2n) is 7.45. The number of aryl methyl sites for hydroxylation is 1. The maximum Gasteiger partial charge on any atom is 0.193 e. The lowest BCUT2D eigenvalue weighted by Crippen LogP contribution is -2.42. The van der Waals surface area contributed by atoms with Crippen molar-refractivity contribution >= 4 is 35.6 Å². The Morgan fingerprint density at radius 1 is 1.29 bits per heavy atom. The fourth-order valence-electron chi connectivity index (χ4n) is 3.95. The molecule has 2 fully saturated rings. The first-order valence-corrected chi connectivity index (χ1v) is 8.75. The van der Waals surface area contributed by atoms with E-state index in [1.165, 1.54) is 49.0 Å². The number of likely N-dealkylation sites (tertiary alicyclic amines) is 1. The second-order valence-corrected chi connectivity index (χ2v) is 7.45. The number of halogens is 1. The molecule has 1 saturated heterocycles. The van der Waals surface area contributed by atoms with Crippen LogP contribution in [0.1, 0.15) is 36.8 Å². The van der Waals surface area contributed by atoms with Crippen LogP contribution in [-0.2, 0) is 6.54 Å². The van der Waals surface area contributed by atoms with Crippen LogP contribution >= 0.6 is 24.0 Å². The van der Waals surface area contributed by atoms with Gasteiger partial charge in [0.2, 0.25) is 0 Å². The molecule has 0 amide bonds. The highest BCUT2D eigenvalue weighted by molar-refractivity contribution is 14.0. The van der Waals surface area contributed by atoms with Crippen LogP contribution in [0.2, 0.25) is 0 Å². The van der Waals surface area contributed by atoms with Crippen LogP contribution in [0.4, 0.5) is 5.69 Å². The van der Waals surface area contributed by atoms with Crippen LogP contribution in [0.5, 0.6) is 0 Å². The van der Waals surface area contributed by atoms with Crippen molar-refractivity contribution in [1.82, 2.24) is 10.2 Å². The maximum atomic E-state index is 4.52. The van der Waals surface area contributed by atoms with Crippen molar-refractivity contribution in [3.8, 4) is 0 Å². The zero-order chi connectivity index (χ0) is 16.4. The summed E-state index contributed by atoms with van der Waals surface area (Å²) in [5.41, 5.74) is 4.51. The van der Waals surface area contributed by atoms with E-state index >= 15 is 0 Å². The van der Waals surface area contributed by atoms with E-state index in [-0.39, 0.29) is 24.0 Å². The minimum absolute atomic E-state index is 0. The number of guanidine groups is 1. The molecule has 1 heterocycles. The fourth-order valence-corrected chi connectivity index (χ4v) is 3.95. The molecule has 1 aliphatic carbocycles. The third-order valence-corrected chi connectivity index (χ3v) is 5.52. The van der Waals surface area contributed by atoms with Gasteiger partial charge in [0.15, 0.2) is 5.96 Å². The van der Waals surface area contributed by atoms with Crippen molar-refractivity contribution in [1.29, 1.82) is 0 Å². The highest BCUT2D eigenvalue weighted by atomic mass is 127. The van der Waals surface area contributed by atoms with Gasteiger partial charge in [-0.25, -0.2) is 0 Å². The molecule has 1 spiro atoms. The molecule has 5 heteroatoms. The van der Waals surface area contributed by atoms with Gasteiger partial charge >= 0.3 is 0 Å². The summed E-state index contributed by atoms with van der Waals surface area (Å²) in [4.78, 5) is 9.15. The molecule has 2 aliphatic rings. The SMILES string of the molecule is CN=C(NCc1ccc(C)cc1N(C)C)N1CCC2(CCC2)C1.I. The van der Waals surface area contributed by atoms with Crippen LogP contribution in [0, 0.1) is 12.3 Å².